The molecule has 0 aromatic heterocycles. The third-order valence-corrected chi connectivity index (χ3v) is 8.24. The van der Waals surface area contributed by atoms with Crippen molar-refractivity contribution in [2.45, 2.75) is 64.5 Å². The van der Waals surface area contributed by atoms with E-state index in [0.717, 1.165) is 33.5 Å². The lowest BCUT2D eigenvalue weighted by Crippen LogP contribution is -2.58. The number of nitrogens with two attached hydrogens (primary N) is 1. The first-order chi connectivity index (χ1) is 21.5. The van der Waals surface area contributed by atoms with E-state index in [4.69, 9.17) is 5.73 Å². The zero-order valence-electron chi connectivity index (χ0n) is 26.0. The van der Waals surface area contributed by atoms with Gasteiger partial charge in [-0.15, -0.1) is 0 Å². The first-order valence-corrected chi connectivity index (χ1v) is 15.2. The molecule has 240 valence electrons. The molecule has 0 fully saturated rings. The SMILES string of the molecule is CNC(=O)NCc1ccccc1-c1ccc(CN2C(=O)C(NC(=O)N[C@@H](N)C(C)(C)C[C@H](O)CO)CCc3ccccc32)cc1. The first-order valence-electron chi connectivity index (χ1n) is 15.2. The number of aliphatic hydroxyl groups excluding tert-OH is 2. The number of fused-ring (bicyclic) bond motifs is 1. The summed E-state index contributed by atoms with van der Waals surface area (Å²) in [5.41, 5.74) is 11.2. The Kier molecular flexibility index (Phi) is 11.2. The van der Waals surface area contributed by atoms with E-state index < -0.39 is 36.4 Å². The average molecular weight is 617 g/mol. The van der Waals surface area contributed by atoms with Gasteiger partial charge in [-0.1, -0.05) is 80.6 Å². The molecule has 4 rings (SSSR count). The van der Waals surface area contributed by atoms with Gasteiger partial charge in [-0.2, -0.15) is 0 Å². The highest BCUT2D eigenvalue weighted by atomic mass is 16.3. The van der Waals surface area contributed by atoms with Crippen LogP contribution in [0.4, 0.5) is 15.3 Å². The van der Waals surface area contributed by atoms with Gasteiger partial charge in [0.05, 0.1) is 25.4 Å². The summed E-state index contributed by atoms with van der Waals surface area (Å²) in [6, 6.07) is 22.0. The summed E-state index contributed by atoms with van der Waals surface area (Å²) >= 11 is 0. The summed E-state index contributed by atoms with van der Waals surface area (Å²) in [4.78, 5) is 40.4. The molecular weight excluding hydrogens is 572 g/mol. The van der Waals surface area contributed by atoms with E-state index in [-0.39, 0.29) is 18.4 Å². The van der Waals surface area contributed by atoms with Crippen LogP contribution in [0.15, 0.2) is 72.8 Å². The Morgan fingerprint density at radius 2 is 1.71 bits per heavy atom. The second-order valence-electron chi connectivity index (χ2n) is 12.1. The van der Waals surface area contributed by atoms with E-state index in [2.05, 4.69) is 21.3 Å². The third-order valence-electron chi connectivity index (χ3n) is 8.24. The molecule has 0 saturated heterocycles. The van der Waals surface area contributed by atoms with Gasteiger partial charge in [0.15, 0.2) is 0 Å². The number of amides is 5. The summed E-state index contributed by atoms with van der Waals surface area (Å²) in [5.74, 6) is -0.228. The highest BCUT2D eigenvalue weighted by Gasteiger charge is 2.34. The summed E-state index contributed by atoms with van der Waals surface area (Å²) < 4.78 is 0. The number of anilines is 1. The van der Waals surface area contributed by atoms with Crippen LogP contribution in [0.5, 0.6) is 0 Å². The maximum absolute atomic E-state index is 14.0. The van der Waals surface area contributed by atoms with Crippen LogP contribution in [0.2, 0.25) is 0 Å². The van der Waals surface area contributed by atoms with Crippen molar-refractivity contribution in [2.24, 2.45) is 11.1 Å². The Morgan fingerprint density at radius 1 is 1.02 bits per heavy atom. The minimum atomic E-state index is -0.957. The van der Waals surface area contributed by atoms with E-state index in [9.17, 15) is 24.6 Å². The van der Waals surface area contributed by atoms with Gasteiger partial charge in [0.1, 0.15) is 6.04 Å². The lowest BCUT2D eigenvalue weighted by molar-refractivity contribution is -0.120. The summed E-state index contributed by atoms with van der Waals surface area (Å²) in [7, 11) is 1.58. The van der Waals surface area contributed by atoms with Crippen LogP contribution >= 0.6 is 0 Å². The number of benzene rings is 3. The van der Waals surface area contributed by atoms with Crippen LogP contribution < -0.4 is 31.9 Å². The summed E-state index contributed by atoms with van der Waals surface area (Å²) in [6.45, 7) is 3.87. The van der Waals surface area contributed by atoms with E-state index in [1.54, 1.807) is 25.8 Å². The molecule has 8 N–H and O–H groups in total. The molecule has 1 unspecified atom stereocenters. The Labute approximate surface area is 264 Å². The second kappa shape index (κ2) is 15.0. The average Bonchev–Trinajstić information content (AvgIpc) is 3.16. The third kappa shape index (κ3) is 8.59. The van der Waals surface area contributed by atoms with Crippen LogP contribution in [0.25, 0.3) is 11.1 Å². The minimum Gasteiger partial charge on any atom is -0.394 e. The maximum atomic E-state index is 14.0. The predicted octanol–water partition coefficient (Wildman–Crippen LogP) is 2.98. The quantitative estimate of drug-likeness (QED) is 0.163. The van der Waals surface area contributed by atoms with Gasteiger partial charge in [-0.25, -0.2) is 9.59 Å². The highest BCUT2D eigenvalue weighted by Crippen LogP contribution is 2.30. The smallest absolute Gasteiger partial charge is 0.316 e. The molecule has 3 atom stereocenters. The fourth-order valence-electron chi connectivity index (χ4n) is 5.54. The Morgan fingerprint density at radius 3 is 2.42 bits per heavy atom. The zero-order chi connectivity index (χ0) is 32.6. The largest absolute Gasteiger partial charge is 0.394 e. The van der Waals surface area contributed by atoms with Gasteiger partial charge in [-0.05, 0) is 53.1 Å². The van der Waals surface area contributed by atoms with Crippen LogP contribution in [-0.4, -0.2) is 60.1 Å². The lowest BCUT2D eigenvalue weighted by Gasteiger charge is -2.34. The molecule has 1 aliphatic rings. The molecule has 0 aliphatic carbocycles. The molecule has 0 radical (unpaired) electrons. The van der Waals surface area contributed by atoms with Gasteiger partial charge < -0.3 is 42.1 Å². The topological polar surface area (TPSA) is 169 Å². The van der Waals surface area contributed by atoms with Crippen LogP contribution in [0.1, 0.15) is 43.4 Å². The van der Waals surface area contributed by atoms with Gasteiger partial charge in [0.25, 0.3) is 0 Å². The first kappa shape index (κ1) is 33.4. The number of carbonyl (C=O) groups excluding carboxylic acids is 3. The molecule has 0 saturated carbocycles. The van der Waals surface area contributed by atoms with Gasteiger partial charge in [-0.3, -0.25) is 4.79 Å². The minimum absolute atomic E-state index is 0.188. The molecule has 0 spiro atoms. The number of aliphatic hydroxyl groups is 2. The number of aryl methyl sites for hydroxylation is 1. The molecule has 3 aromatic carbocycles. The number of carbonyl (C=O) groups is 3. The Bertz CT molecular complexity index is 1480. The van der Waals surface area contributed by atoms with Gasteiger partial charge in [0.2, 0.25) is 5.91 Å². The van der Waals surface area contributed by atoms with Crippen LogP contribution in [0.3, 0.4) is 0 Å². The molecule has 0 bridgehead atoms. The van der Waals surface area contributed by atoms with Crippen molar-refractivity contribution >= 4 is 23.7 Å². The standard InChI is InChI=1S/C34H44N6O5/c1-34(2,18-26(42)21-41)31(35)39-33(45)38-28-17-16-24-8-5-7-11-29(24)40(30(28)43)20-22-12-14-23(15-13-22)27-10-6-4-9-25(27)19-37-32(44)36-3/h4-15,26,28,31,41-42H,16-21,35H2,1-3H3,(H2,36,37,44)(H2,38,39,45)/t26-,28?,31+/m0/s1. The number of para-hydroxylation sites is 1. The van der Waals surface area contributed by atoms with Crippen molar-refractivity contribution in [1.29, 1.82) is 0 Å². The number of hydrogen-bond donors (Lipinski definition) is 7. The monoisotopic (exact) mass is 616 g/mol. The molecule has 1 heterocycles. The summed E-state index contributed by atoms with van der Waals surface area (Å²) in [5, 5.41) is 30.0. The zero-order valence-corrected chi connectivity index (χ0v) is 26.0. The van der Waals surface area contributed by atoms with E-state index in [1.165, 1.54) is 0 Å². The van der Waals surface area contributed by atoms with Crippen LogP contribution in [0, 0.1) is 5.41 Å². The van der Waals surface area contributed by atoms with E-state index >= 15 is 0 Å². The summed E-state index contributed by atoms with van der Waals surface area (Å²) in [6.07, 6.45) is -0.573. The van der Waals surface area contributed by atoms with Crippen LogP contribution in [-0.2, 0) is 24.3 Å². The Balaban J connectivity index is 1.50. The molecule has 11 nitrogen and oxygen atoms in total. The molecule has 3 aromatic rings. The van der Waals surface area contributed by atoms with Crippen molar-refractivity contribution in [3.63, 3.8) is 0 Å². The number of urea groups is 2. The van der Waals surface area contributed by atoms with Crippen molar-refractivity contribution in [3.05, 3.63) is 89.5 Å². The number of rotatable bonds is 11. The van der Waals surface area contributed by atoms with E-state index in [1.807, 2.05) is 72.8 Å². The number of nitrogens with one attached hydrogen (secondary N) is 4. The molecule has 11 heteroatoms. The fourth-order valence-corrected chi connectivity index (χ4v) is 5.54. The Hall–Kier alpha value is -4.45. The predicted molar refractivity (Wildman–Crippen MR) is 174 cm³/mol. The number of hydrogen-bond acceptors (Lipinski definition) is 6. The lowest BCUT2D eigenvalue weighted by atomic mass is 9.83. The van der Waals surface area contributed by atoms with Crippen molar-refractivity contribution < 1.29 is 24.6 Å². The molecule has 1 aliphatic heterocycles. The molecule has 5 amide bonds. The van der Waals surface area contributed by atoms with Crippen molar-refractivity contribution in [3.8, 4) is 11.1 Å². The van der Waals surface area contributed by atoms with E-state index in [0.29, 0.717) is 25.9 Å². The van der Waals surface area contributed by atoms with Crippen molar-refractivity contribution in [1.82, 2.24) is 21.3 Å². The normalized spacial score (nSPS) is 16.2. The molecule has 45 heavy (non-hydrogen) atoms. The highest BCUT2D eigenvalue weighted by molar-refractivity contribution is 6.00. The maximum Gasteiger partial charge on any atom is 0.316 e. The second-order valence-corrected chi connectivity index (χ2v) is 12.1. The molecular formula is C34H44N6O5. The number of nitrogens with zero attached hydrogens (tertiary/aromatic N) is 1. The van der Waals surface area contributed by atoms with Gasteiger partial charge >= 0.3 is 12.1 Å². The van der Waals surface area contributed by atoms with Crippen molar-refractivity contribution in [2.75, 3.05) is 18.6 Å². The fraction of sp³-hybridized carbons (Fsp3) is 0.382. The van der Waals surface area contributed by atoms with Gasteiger partial charge in [0, 0.05) is 24.7 Å².